The van der Waals surface area contributed by atoms with E-state index in [2.05, 4.69) is 10.2 Å². The van der Waals surface area contributed by atoms with Crippen molar-refractivity contribution in [1.29, 1.82) is 0 Å². The van der Waals surface area contributed by atoms with Crippen LogP contribution in [0, 0.1) is 0 Å². The lowest BCUT2D eigenvalue weighted by Crippen LogP contribution is -2.26. The zero-order valence-corrected chi connectivity index (χ0v) is 10.6. The molecule has 0 bridgehead atoms. The Morgan fingerprint density at radius 2 is 2.24 bits per heavy atom. The van der Waals surface area contributed by atoms with Crippen molar-refractivity contribution in [2.45, 2.75) is 25.0 Å². The van der Waals surface area contributed by atoms with E-state index < -0.39 is 21.4 Å². The van der Waals surface area contributed by atoms with Crippen LogP contribution in [0.3, 0.4) is 0 Å². The van der Waals surface area contributed by atoms with E-state index >= 15 is 0 Å². The lowest BCUT2D eigenvalue weighted by Gasteiger charge is -2.10. The van der Waals surface area contributed by atoms with Crippen LogP contribution in [0.15, 0.2) is 0 Å². The average Bonchev–Trinajstić information content (AvgIpc) is 2.82. The standard InChI is InChI=1S/C8H10FN3O3S2/c1-2-6-10-11-8(16-6)12-4-5(3-7(12)13)17(9,14)15/h5H,2-4H2,1H3. The molecule has 0 spiro atoms. The number of nitrogens with zero attached hydrogens (tertiary/aromatic N) is 3. The van der Waals surface area contributed by atoms with Crippen LogP contribution in [-0.2, 0) is 21.4 Å². The monoisotopic (exact) mass is 279 g/mol. The van der Waals surface area contributed by atoms with Crippen molar-refractivity contribution in [2.24, 2.45) is 0 Å². The fraction of sp³-hybridized carbons (Fsp3) is 0.625. The first-order valence-corrected chi connectivity index (χ1v) is 7.24. The van der Waals surface area contributed by atoms with Gasteiger partial charge >= 0.3 is 10.2 Å². The van der Waals surface area contributed by atoms with E-state index in [1.807, 2.05) is 6.92 Å². The molecule has 94 valence electrons. The summed E-state index contributed by atoms with van der Waals surface area (Å²) in [7, 11) is -4.68. The second-order valence-corrected chi connectivity index (χ2v) is 6.30. The number of carbonyl (C=O) groups is 1. The molecule has 1 aliphatic rings. The SMILES string of the molecule is CCc1nnc(N2CC(S(=O)(=O)F)CC2=O)s1. The fourth-order valence-corrected chi connectivity index (χ4v) is 3.02. The first kappa shape index (κ1) is 12.4. The zero-order valence-electron chi connectivity index (χ0n) is 8.96. The number of aromatic nitrogens is 2. The molecule has 0 N–H and O–H groups in total. The summed E-state index contributed by atoms with van der Waals surface area (Å²) in [5.74, 6) is -0.435. The van der Waals surface area contributed by atoms with Gasteiger partial charge in [0.1, 0.15) is 10.3 Å². The van der Waals surface area contributed by atoms with Crippen LogP contribution in [-0.4, -0.2) is 36.3 Å². The topological polar surface area (TPSA) is 80.2 Å². The molecule has 6 nitrogen and oxygen atoms in total. The lowest BCUT2D eigenvalue weighted by atomic mass is 10.4. The molecule has 1 unspecified atom stereocenters. The number of halogens is 1. The number of hydrogen-bond acceptors (Lipinski definition) is 6. The van der Waals surface area contributed by atoms with Gasteiger partial charge in [0.05, 0.1) is 0 Å². The second-order valence-electron chi connectivity index (χ2n) is 3.64. The van der Waals surface area contributed by atoms with E-state index in [1.54, 1.807) is 0 Å². The molecular formula is C8H10FN3O3S2. The van der Waals surface area contributed by atoms with Gasteiger partial charge < -0.3 is 0 Å². The Bertz CT molecular complexity index is 542. The third-order valence-electron chi connectivity index (χ3n) is 2.48. The molecule has 2 rings (SSSR count). The largest absolute Gasteiger partial charge is 0.307 e. The summed E-state index contributed by atoms with van der Waals surface area (Å²) in [5, 5.41) is 7.42. The normalized spacial score (nSPS) is 21.2. The molecule has 2 heterocycles. The number of rotatable bonds is 3. The molecule has 0 saturated carbocycles. The predicted molar refractivity (Wildman–Crippen MR) is 60.1 cm³/mol. The summed E-state index contributed by atoms with van der Waals surface area (Å²) >= 11 is 1.21. The summed E-state index contributed by atoms with van der Waals surface area (Å²) in [5.41, 5.74) is 0. The van der Waals surface area contributed by atoms with Crippen molar-refractivity contribution in [3.05, 3.63) is 5.01 Å². The first-order valence-electron chi connectivity index (χ1n) is 4.98. The third kappa shape index (κ3) is 2.44. The van der Waals surface area contributed by atoms with Crippen molar-refractivity contribution in [3.8, 4) is 0 Å². The van der Waals surface area contributed by atoms with Crippen molar-refractivity contribution in [2.75, 3.05) is 11.4 Å². The number of aryl methyl sites for hydroxylation is 1. The van der Waals surface area contributed by atoms with Crippen LogP contribution in [0.2, 0.25) is 0 Å². The van der Waals surface area contributed by atoms with Gasteiger partial charge in [0.25, 0.3) is 0 Å². The van der Waals surface area contributed by atoms with Gasteiger partial charge in [0.15, 0.2) is 0 Å². The zero-order chi connectivity index (χ0) is 12.6. The van der Waals surface area contributed by atoms with E-state index in [1.165, 1.54) is 16.2 Å². The third-order valence-corrected chi connectivity index (χ3v) is 4.68. The van der Waals surface area contributed by atoms with E-state index in [9.17, 15) is 17.1 Å². The molecule has 1 aliphatic heterocycles. The second kappa shape index (κ2) is 4.30. The Kier molecular flexibility index (Phi) is 3.13. The van der Waals surface area contributed by atoms with Crippen LogP contribution in [0.1, 0.15) is 18.4 Å². The van der Waals surface area contributed by atoms with Crippen LogP contribution >= 0.6 is 11.3 Å². The molecule has 1 saturated heterocycles. The summed E-state index contributed by atoms with van der Waals surface area (Å²) in [6, 6.07) is 0. The van der Waals surface area contributed by atoms with Crippen molar-refractivity contribution in [1.82, 2.24) is 10.2 Å². The molecule has 1 amide bonds. The van der Waals surface area contributed by atoms with Gasteiger partial charge in [-0.05, 0) is 6.42 Å². The highest BCUT2D eigenvalue weighted by atomic mass is 32.3. The van der Waals surface area contributed by atoms with Crippen LogP contribution < -0.4 is 4.90 Å². The molecule has 0 aliphatic carbocycles. The maximum Gasteiger partial charge on any atom is 0.307 e. The van der Waals surface area contributed by atoms with Crippen molar-refractivity contribution >= 4 is 32.6 Å². The van der Waals surface area contributed by atoms with Gasteiger partial charge in [-0.2, -0.15) is 8.42 Å². The summed E-state index contributed by atoms with van der Waals surface area (Å²) in [6.45, 7) is 1.71. The van der Waals surface area contributed by atoms with E-state index in [-0.39, 0.29) is 13.0 Å². The maximum absolute atomic E-state index is 12.8. The van der Waals surface area contributed by atoms with Gasteiger partial charge in [-0.1, -0.05) is 18.3 Å². The highest BCUT2D eigenvalue weighted by Gasteiger charge is 2.40. The minimum absolute atomic E-state index is 0.185. The Hall–Kier alpha value is -1.09. The van der Waals surface area contributed by atoms with Crippen molar-refractivity contribution < 1.29 is 17.1 Å². The molecule has 1 aromatic rings. The predicted octanol–water partition coefficient (Wildman–Crippen LogP) is 0.505. The fourth-order valence-electron chi connectivity index (χ4n) is 1.54. The Labute approximate surface area is 102 Å². The molecule has 1 atom stereocenters. The van der Waals surface area contributed by atoms with Gasteiger partial charge in [-0.15, -0.1) is 14.1 Å². The highest BCUT2D eigenvalue weighted by molar-refractivity contribution is 7.87. The van der Waals surface area contributed by atoms with Gasteiger partial charge in [0, 0.05) is 13.0 Å². The number of amides is 1. The number of hydrogen-bond donors (Lipinski definition) is 0. The first-order chi connectivity index (χ1) is 7.91. The Morgan fingerprint density at radius 1 is 1.53 bits per heavy atom. The van der Waals surface area contributed by atoms with Crippen molar-refractivity contribution in [3.63, 3.8) is 0 Å². The van der Waals surface area contributed by atoms with E-state index in [0.29, 0.717) is 11.6 Å². The molecule has 1 fully saturated rings. The van der Waals surface area contributed by atoms with Crippen LogP contribution in [0.4, 0.5) is 9.02 Å². The molecule has 0 aromatic carbocycles. The maximum atomic E-state index is 12.8. The summed E-state index contributed by atoms with van der Waals surface area (Å²) in [6.07, 6.45) is 0.352. The summed E-state index contributed by atoms with van der Waals surface area (Å²) < 4.78 is 34.3. The highest BCUT2D eigenvalue weighted by Crippen LogP contribution is 2.28. The molecular weight excluding hydrogens is 269 g/mol. The average molecular weight is 279 g/mol. The van der Waals surface area contributed by atoms with Gasteiger partial charge in [-0.3, -0.25) is 9.69 Å². The summed E-state index contributed by atoms with van der Waals surface area (Å²) in [4.78, 5) is 12.7. The number of carbonyl (C=O) groups excluding carboxylic acids is 1. The molecule has 17 heavy (non-hydrogen) atoms. The minimum Gasteiger partial charge on any atom is -0.285 e. The molecule has 0 radical (unpaired) electrons. The van der Waals surface area contributed by atoms with Crippen LogP contribution in [0.25, 0.3) is 0 Å². The molecule has 9 heteroatoms. The smallest absolute Gasteiger partial charge is 0.285 e. The van der Waals surface area contributed by atoms with Gasteiger partial charge in [0.2, 0.25) is 11.0 Å². The van der Waals surface area contributed by atoms with E-state index in [0.717, 1.165) is 5.01 Å². The van der Waals surface area contributed by atoms with E-state index in [4.69, 9.17) is 0 Å². The lowest BCUT2D eigenvalue weighted by molar-refractivity contribution is -0.117. The Morgan fingerprint density at radius 3 is 2.71 bits per heavy atom. The van der Waals surface area contributed by atoms with Gasteiger partial charge in [-0.25, -0.2) is 0 Å². The Balaban J connectivity index is 2.21. The minimum atomic E-state index is -4.68. The quantitative estimate of drug-likeness (QED) is 0.753. The molecule has 1 aromatic heterocycles. The number of anilines is 1. The van der Waals surface area contributed by atoms with Crippen LogP contribution in [0.5, 0.6) is 0 Å².